The minimum Gasteiger partial charge on any atom is -0.497 e. The third-order valence-electron chi connectivity index (χ3n) is 3.45. The summed E-state index contributed by atoms with van der Waals surface area (Å²) in [6.07, 6.45) is -0.123. The van der Waals surface area contributed by atoms with Gasteiger partial charge in [0.2, 0.25) is 0 Å². The summed E-state index contributed by atoms with van der Waals surface area (Å²) in [5.41, 5.74) is 2.09. The Morgan fingerprint density at radius 2 is 2.04 bits per heavy atom. The van der Waals surface area contributed by atoms with E-state index in [4.69, 9.17) is 10.00 Å². The zero-order valence-electron chi connectivity index (χ0n) is 12.3. The van der Waals surface area contributed by atoms with Crippen LogP contribution in [0.15, 0.2) is 36.5 Å². The van der Waals surface area contributed by atoms with Crippen LogP contribution in [-0.2, 0) is 6.42 Å². The smallest absolute Gasteiger partial charge is 0.180 e. The van der Waals surface area contributed by atoms with Gasteiger partial charge in [-0.3, -0.25) is 4.57 Å². The number of benzene rings is 1. The first-order valence-electron chi connectivity index (χ1n) is 6.89. The number of imidazole rings is 1. The molecule has 3 rings (SSSR count). The number of pyridine rings is 1. The van der Waals surface area contributed by atoms with E-state index in [1.165, 1.54) is 6.20 Å². The fourth-order valence-electron chi connectivity index (χ4n) is 2.36. The van der Waals surface area contributed by atoms with Crippen molar-refractivity contribution in [3.05, 3.63) is 47.9 Å². The maximum absolute atomic E-state index is 9.25. The van der Waals surface area contributed by atoms with Crippen molar-refractivity contribution in [1.82, 2.24) is 14.5 Å². The van der Waals surface area contributed by atoms with E-state index in [0.29, 0.717) is 17.0 Å². The lowest BCUT2D eigenvalue weighted by Gasteiger charge is -2.08. The maximum Gasteiger partial charge on any atom is 0.180 e. The Morgan fingerprint density at radius 1 is 1.30 bits per heavy atom. The molecule has 0 amide bonds. The van der Waals surface area contributed by atoms with Crippen LogP contribution in [0.2, 0.25) is 0 Å². The molecule has 0 unspecified atom stereocenters. The number of aromatic nitrogens is 3. The molecule has 0 aliphatic heterocycles. The molecule has 0 radical (unpaired) electrons. The van der Waals surface area contributed by atoms with E-state index in [1.807, 2.05) is 24.3 Å². The van der Waals surface area contributed by atoms with Crippen molar-refractivity contribution in [2.45, 2.75) is 12.7 Å². The highest BCUT2D eigenvalue weighted by atomic mass is 16.5. The number of nitriles is 1. The highest BCUT2D eigenvalue weighted by Gasteiger charge is 2.15. The van der Waals surface area contributed by atoms with E-state index in [2.05, 4.69) is 16.0 Å². The standard InChI is InChI=1S/C16H14N4O3/c1-23-12-4-2-11(3-5-12)20-14(6-7-17)19-13-8-10(16(21)22)9-18-15(13)20/h2-5,8-9,16,21-22H,6H2,1H3. The van der Waals surface area contributed by atoms with E-state index >= 15 is 0 Å². The number of ether oxygens (including phenoxy) is 1. The lowest BCUT2D eigenvalue weighted by atomic mass is 10.2. The molecule has 0 bridgehead atoms. The number of rotatable bonds is 4. The second-order valence-electron chi connectivity index (χ2n) is 4.88. The predicted octanol–water partition coefficient (Wildman–Crippen LogP) is 1.48. The summed E-state index contributed by atoms with van der Waals surface area (Å²) < 4.78 is 6.91. The molecule has 7 heteroatoms. The molecule has 7 nitrogen and oxygen atoms in total. The van der Waals surface area contributed by atoms with Gasteiger partial charge < -0.3 is 14.9 Å². The first-order valence-corrected chi connectivity index (χ1v) is 6.89. The van der Waals surface area contributed by atoms with Crippen LogP contribution in [0.4, 0.5) is 0 Å². The summed E-state index contributed by atoms with van der Waals surface area (Å²) in [5.74, 6) is 1.25. The lowest BCUT2D eigenvalue weighted by molar-refractivity contribution is -0.0426. The average molecular weight is 310 g/mol. The number of hydrogen-bond acceptors (Lipinski definition) is 6. The molecular weight excluding hydrogens is 296 g/mol. The molecule has 0 saturated carbocycles. The zero-order valence-corrected chi connectivity index (χ0v) is 12.3. The molecule has 0 spiro atoms. The Morgan fingerprint density at radius 3 is 2.65 bits per heavy atom. The number of aliphatic hydroxyl groups is 2. The third kappa shape index (κ3) is 2.73. The molecule has 0 atom stereocenters. The summed E-state index contributed by atoms with van der Waals surface area (Å²) in [7, 11) is 1.59. The molecule has 0 aliphatic carbocycles. The second kappa shape index (κ2) is 6.04. The first-order chi connectivity index (χ1) is 11.1. The summed E-state index contributed by atoms with van der Waals surface area (Å²) in [6, 6.07) is 10.9. The van der Waals surface area contributed by atoms with E-state index in [-0.39, 0.29) is 12.0 Å². The molecule has 1 aromatic carbocycles. The van der Waals surface area contributed by atoms with Gasteiger partial charge in [-0.25, -0.2) is 9.97 Å². The van der Waals surface area contributed by atoms with Gasteiger partial charge in [0, 0.05) is 17.4 Å². The van der Waals surface area contributed by atoms with Gasteiger partial charge in [-0.05, 0) is 30.3 Å². The van der Waals surface area contributed by atoms with Crippen LogP contribution in [0.25, 0.3) is 16.9 Å². The van der Waals surface area contributed by atoms with Crippen molar-refractivity contribution in [2.75, 3.05) is 7.11 Å². The molecular formula is C16H14N4O3. The highest BCUT2D eigenvalue weighted by Crippen LogP contribution is 2.24. The summed E-state index contributed by atoms with van der Waals surface area (Å²) in [6.45, 7) is 0. The SMILES string of the molecule is COc1ccc(-n2c(CC#N)nc3cc(C(O)O)cnc32)cc1. The van der Waals surface area contributed by atoms with Crippen molar-refractivity contribution >= 4 is 11.2 Å². The molecule has 23 heavy (non-hydrogen) atoms. The van der Waals surface area contributed by atoms with Crippen LogP contribution in [0.1, 0.15) is 17.7 Å². The average Bonchev–Trinajstić information content (AvgIpc) is 2.92. The lowest BCUT2D eigenvalue weighted by Crippen LogP contribution is -2.02. The number of aliphatic hydroxyl groups excluding tert-OH is 1. The largest absolute Gasteiger partial charge is 0.497 e. The minimum absolute atomic E-state index is 0.111. The Kier molecular flexibility index (Phi) is 3.93. The molecule has 2 heterocycles. The van der Waals surface area contributed by atoms with Crippen molar-refractivity contribution in [1.29, 1.82) is 5.26 Å². The Bertz CT molecular complexity index is 879. The maximum atomic E-state index is 9.25. The molecule has 2 aromatic heterocycles. The summed E-state index contributed by atoms with van der Waals surface area (Å²) in [4.78, 5) is 8.65. The predicted molar refractivity (Wildman–Crippen MR) is 81.9 cm³/mol. The number of methoxy groups -OCH3 is 1. The van der Waals surface area contributed by atoms with E-state index in [1.54, 1.807) is 17.7 Å². The van der Waals surface area contributed by atoms with Gasteiger partial charge in [0.25, 0.3) is 0 Å². The first kappa shape index (κ1) is 15.0. The van der Waals surface area contributed by atoms with E-state index in [0.717, 1.165) is 11.4 Å². The van der Waals surface area contributed by atoms with Gasteiger partial charge in [0.15, 0.2) is 11.9 Å². The molecule has 0 fully saturated rings. The van der Waals surface area contributed by atoms with Crippen molar-refractivity contribution in [3.63, 3.8) is 0 Å². The van der Waals surface area contributed by atoms with Crippen LogP contribution in [-0.4, -0.2) is 31.9 Å². The molecule has 3 aromatic rings. The highest BCUT2D eigenvalue weighted by molar-refractivity contribution is 5.75. The summed E-state index contributed by atoms with van der Waals surface area (Å²) >= 11 is 0. The van der Waals surface area contributed by atoms with Gasteiger partial charge in [-0.1, -0.05) is 0 Å². The van der Waals surface area contributed by atoms with Crippen LogP contribution >= 0.6 is 0 Å². The number of nitrogens with zero attached hydrogens (tertiary/aromatic N) is 4. The Labute approximate surface area is 132 Å². The molecule has 0 saturated heterocycles. The van der Waals surface area contributed by atoms with Crippen LogP contribution < -0.4 is 4.74 Å². The number of hydrogen-bond donors (Lipinski definition) is 2. The Hall–Kier alpha value is -2.95. The van der Waals surface area contributed by atoms with Gasteiger partial charge >= 0.3 is 0 Å². The van der Waals surface area contributed by atoms with Crippen molar-refractivity contribution in [3.8, 4) is 17.5 Å². The van der Waals surface area contributed by atoms with Crippen LogP contribution in [0.3, 0.4) is 0 Å². The quantitative estimate of drug-likeness (QED) is 0.707. The molecule has 2 N–H and O–H groups in total. The van der Waals surface area contributed by atoms with Crippen molar-refractivity contribution < 1.29 is 14.9 Å². The van der Waals surface area contributed by atoms with Gasteiger partial charge in [0.1, 0.15) is 17.1 Å². The van der Waals surface area contributed by atoms with E-state index in [9.17, 15) is 10.2 Å². The van der Waals surface area contributed by atoms with Gasteiger partial charge in [-0.2, -0.15) is 5.26 Å². The normalized spacial score (nSPS) is 10.9. The second-order valence-corrected chi connectivity index (χ2v) is 4.88. The molecule has 0 aliphatic rings. The van der Waals surface area contributed by atoms with Crippen molar-refractivity contribution in [2.24, 2.45) is 0 Å². The zero-order chi connectivity index (χ0) is 16.4. The topological polar surface area (TPSA) is 104 Å². The minimum atomic E-state index is -1.61. The van der Waals surface area contributed by atoms with Crippen LogP contribution in [0, 0.1) is 11.3 Å². The van der Waals surface area contributed by atoms with E-state index < -0.39 is 6.29 Å². The fraction of sp³-hybridized carbons (Fsp3) is 0.188. The Balaban J connectivity index is 2.20. The monoisotopic (exact) mass is 310 g/mol. The van der Waals surface area contributed by atoms with Crippen LogP contribution in [0.5, 0.6) is 5.75 Å². The number of fused-ring (bicyclic) bond motifs is 1. The van der Waals surface area contributed by atoms with Gasteiger partial charge in [-0.15, -0.1) is 0 Å². The third-order valence-corrected chi connectivity index (χ3v) is 3.45. The molecule has 116 valence electrons. The summed E-state index contributed by atoms with van der Waals surface area (Å²) in [5, 5.41) is 27.5. The fourth-order valence-corrected chi connectivity index (χ4v) is 2.36. The van der Waals surface area contributed by atoms with Gasteiger partial charge in [0.05, 0.1) is 19.6 Å².